The molecule has 0 aliphatic carbocycles. The van der Waals surface area contributed by atoms with Crippen molar-refractivity contribution in [3.8, 4) is 17.2 Å². The van der Waals surface area contributed by atoms with Crippen LogP contribution in [-0.2, 0) is 12.7 Å². The number of halogens is 5. The van der Waals surface area contributed by atoms with Gasteiger partial charge in [0.25, 0.3) is 5.76 Å². The third-order valence-corrected chi connectivity index (χ3v) is 7.02. The van der Waals surface area contributed by atoms with Gasteiger partial charge in [0.2, 0.25) is 11.2 Å². The van der Waals surface area contributed by atoms with Crippen molar-refractivity contribution in [3.63, 3.8) is 0 Å². The quantitative estimate of drug-likeness (QED) is 0.0986. The van der Waals surface area contributed by atoms with Crippen LogP contribution < -0.4 is 14.9 Å². The van der Waals surface area contributed by atoms with Crippen molar-refractivity contribution < 1.29 is 36.2 Å². The normalized spacial score (nSPS) is 12.0. The summed E-state index contributed by atoms with van der Waals surface area (Å²) in [5.74, 6) is -3.83. The first-order valence-corrected chi connectivity index (χ1v) is 14.4. The zero-order chi connectivity index (χ0) is 32.3. The maximum Gasteiger partial charge on any atom is 0.453 e. The molecule has 234 valence electrons. The maximum atomic E-state index is 14.4. The van der Waals surface area contributed by atoms with E-state index in [-0.39, 0.29) is 52.0 Å². The number of nitrogens with zero attached hydrogens (tertiary/aromatic N) is 1. The molecule has 1 aromatic heterocycles. The van der Waals surface area contributed by atoms with Crippen molar-refractivity contribution in [2.75, 3.05) is 13.1 Å². The van der Waals surface area contributed by atoms with Gasteiger partial charge in [0.05, 0.1) is 16.5 Å². The van der Waals surface area contributed by atoms with E-state index in [1.807, 2.05) is 32.6 Å². The lowest BCUT2D eigenvalue weighted by molar-refractivity contribution is -0.154. The Bertz CT molecular complexity index is 1710. The molecule has 0 atom stereocenters. The number of ether oxygens (including phenoxy) is 2. The van der Waals surface area contributed by atoms with Crippen LogP contribution in [0.1, 0.15) is 54.9 Å². The number of carbonyl (C=O) groups is 1. The predicted octanol–water partition coefficient (Wildman–Crippen LogP) is 9.04. The summed E-state index contributed by atoms with van der Waals surface area (Å²) < 4.78 is 73.4. The fourth-order valence-corrected chi connectivity index (χ4v) is 4.92. The van der Waals surface area contributed by atoms with E-state index in [1.165, 1.54) is 42.5 Å². The Morgan fingerprint density at radius 3 is 2.18 bits per heavy atom. The van der Waals surface area contributed by atoms with Crippen LogP contribution >= 0.6 is 11.6 Å². The van der Waals surface area contributed by atoms with Gasteiger partial charge in [-0.25, -0.2) is 9.18 Å². The Balaban J connectivity index is 1.93. The van der Waals surface area contributed by atoms with Crippen molar-refractivity contribution in [2.45, 2.75) is 47.3 Å². The molecule has 6 nitrogen and oxygen atoms in total. The predicted molar refractivity (Wildman–Crippen MR) is 160 cm³/mol. The topological polar surface area (TPSA) is 69.0 Å². The lowest BCUT2D eigenvalue weighted by atomic mass is 10.1. The smallest absolute Gasteiger partial charge is 0.449 e. The van der Waals surface area contributed by atoms with Gasteiger partial charge >= 0.3 is 12.1 Å². The molecular weight excluding hydrogens is 602 g/mol. The van der Waals surface area contributed by atoms with E-state index in [2.05, 4.69) is 0 Å². The third kappa shape index (κ3) is 7.78. The average Bonchev–Trinajstić information content (AvgIpc) is 2.92. The summed E-state index contributed by atoms with van der Waals surface area (Å²) in [6, 6.07) is 11.4. The highest BCUT2D eigenvalue weighted by atomic mass is 35.5. The Morgan fingerprint density at radius 1 is 0.977 bits per heavy atom. The third-order valence-electron chi connectivity index (χ3n) is 6.60. The van der Waals surface area contributed by atoms with E-state index in [9.17, 15) is 27.2 Å². The molecule has 4 rings (SSSR count). The Kier molecular flexibility index (Phi) is 10.1. The summed E-state index contributed by atoms with van der Waals surface area (Å²) in [5, 5.41) is 0.183. The zero-order valence-corrected chi connectivity index (χ0v) is 25.6. The Morgan fingerprint density at radius 2 is 1.61 bits per heavy atom. The van der Waals surface area contributed by atoms with Crippen LogP contribution in [-0.4, -0.2) is 24.0 Å². The summed E-state index contributed by atoms with van der Waals surface area (Å²) in [5.41, 5.74) is -0.797. The van der Waals surface area contributed by atoms with Crippen LogP contribution in [0.2, 0.25) is 5.02 Å². The molecule has 44 heavy (non-hydrogen) atoms. The van der Waals surface area contributed by atoms with Gasteiger partial charge in [0.1, 0.15) is 22.9 Å². The van der Waals surface area contributed by atoms with Crippen LogP contribution in [0, 0.1) is 24.6 Å². The lowest BCUT2D eigenvalue weighted by Gasteiger charge is -2.27. The molecule has 11 heteroatoms. The molecule has 3 aromatic carbocycles. The largest absolute Gasteiger partial charge is 0.453 e. The zero-order valence-electron chi connectivity index (χ0n) is 24.9. The Hall–Kier alpha value is -3.89. The molecule has 0 saturated heterocycles. The standard InChI is InChI=1S/C33H32ClF4NO5/c1-18(2)15-39(16-19(3)4)17-25-27(43-32(41)21-6-8-22(35)9-7-21)13-11-24-28(40)30(31(33(36,37)38)44-29(24)25)42-23-10-12-26(34)20(5)14-23/h6-14,18-19H,15-17H2,1-5H3. The van der Waals surface area contributed by atoms with Gasteiger partial charge in [-0.1, -0.05) is 39.3 Å². The second kappa shape index (κ2) is 13.4. The summed E-state index contributed by atoms with van der Waals surface area (Å²) >= 11 is 6.04. The molecule has 0 radical (unpaired) electrons. The van der Waals surface area contributed by atoms with Gasteiger partial charge in [0.15, 0.2) is 0 Å². The monoisotopic (exact) mass is 633 g/mol. The molecule has 0 bridgehead atoms. The van der Waals surface area contributed by atoms with Crippen LogP contribution in [0.5, 0.6) is 17.2 Å². The van der Waals surface area contributed by atoms with E-state index in [0.29, 0.717) is 23.7 Å². The minimum absolute atomic E-state index is 0.0105. The van der Waals surface area contributed by atoms with E-state index in [0.717, 1.165) is 12.1 Å². The molecule has 0 aliphatic rings. The summed E-state index contributed by atoms with van der Waals surface area (Å²) in [6.45, 7) is 10.8. The van der Waals surface area contributed by atoms with E-state index < -0.39 is 34.9 Å². The molecule has 4 aromatic rings. The van der Waals surface area contributed by atoms with Gasteiger partial charge < -0.3 is 13.9 Å². The van der Waals surface area contributed by atoms with Gasteiger partial charge in [0, 0.05) is 24.7 Å². The number of esters is 1. The fraction of sp³-hybridized carbons (Fsp3) is 0.333. The van der Waals surface area contributed by atoms with Gasteiger partial charge in [-0.15, -0.1) is 0 Å². The summed E-state index contributed by atoms with van der Waals surface area (Å²) in [4.78, 5) is 28.7. The molecular formula is C33H32ClF4NO5. The molecule has 0 aliphatic heterocycles. The van der Waals surface area contributed by atoms with Crippen molar-refractivity contribution in [3.05, 3.63) is 98.1 Å². The molecule has 0 spiro atoms. The fourth-order valence-electron chi connectivity index (χ4n) is 4.81. The van der Waals surface area contributed by atoms with Crippen molar-refractivity contribution >= 4 is 28.5 Å². The first-order valence-electron chi connectivity index (χ1n) is 14.0. The number of fused-ring (bicyclic) bond motifs is 1. The highest BCUT2D eigenvalue weighted by Gasteiger charge is 2.41. The second-order valence-corrected chi connectivity index (χ2v) is 11.8. The molecule has 0 unspecified atom stereocenters. The van der Waals surface area contributed by atoms with Gasteiger partial charge in [-0.2, -0.15) is 13.2 Å². The molecule has 0 fully saturated rings. The second-order valence-electron chi connectivity index (χ2n) is 11.4. The summed E-state index contributed by atoms with van der Waals surface area (Å²) in [7, 11) is 0. The number of hydrogen-bond acceptors (Lipinski definition) is 6. The number of carbonyl (C=O) groups excluding carboxylic acids is 1. The van der Waals surface area contributed by atoms with Crippen LogP contribution in [0.3, 0.4) is 0 Å². The van der Waals surface area contributed by atoms with Crippen LogP contribution in [0.4, 0.5) is 17.6 Å². The highest BCUT2D eigenvalue weighted by Crippen LogP contribution is 2.41. The van der Waals surface area contributed by atoms with E-state index in [4.69, 9.17) is 25.5 Å². The molecule has 0 N–H and O–H groups in total. The summed E-state index contributed by atoms with van der Waals surface area (Å²) in [6.07, 6.45) is -5.11. The number of hydrogen-bond donors (Lipinski definition) is 0. The van der Waals surface area contributed by atoms with Crippen molar-refractivity contribution in [1.82, 2.24) is 4.90 Å². The molecule has 0 amide bonds. The molecule has 1 heterocycles. The van der Waals surface area contributed by atoms with Crippen LogP contribution in [0.25, 0.3) is 11.0 Å². The first-order chi connectivity index (χ1) is 20.6. The van der Waals surface area contributed by atoms with Gasteiger partial charge in [-0.05, 0) is 78.9 Å². The SMILES string of the molecule is Cc1cc(Oc2c(C(F)(F)F)oc3c(CN(CC(C)C)CC(C)C)c(OC(=O)c4ccc(F)cc4)ccc3c2=O)ccc1Cl. The number of rotatable bonds is 10. The Labute approximate surface area is 257 Å². The lowest BCUT2D eigenvalue weighted by Crippen LogP contribution is -2.31. The van der Waals surface area contributed by atoms with Crippen molar-refractivity contribution in [2.24, 2.45) is 11.8 Å². The van der Waals surface area contributed by atoms with E-state index in [1.54, 1.807) is 6.92 Å². The highest BCUT2D eigenvalue weighted by molar-refractivity contribution is 6.31. The number of alkyl halides is 3. The maximum absolute atomic E-state index is 14.4. The van der Waals surface area contributed by atoms with E-state index >= 15 is 0 Å². The minimum Gasteiger partial charge on any atom is -0.449 e. The number of aryl methyl sites for hydroxylation is 1. The van der Waals surface area contributed by atoms with Crippen LogP contribution in [0.15, 0.2) is 63.8 Å². The minimum atomic E-state index is -5.11. The average molecular weight is 634 g/mol. The molecule has 0 saturated carbocycles. The first kappa shape index (κ1) is 33.0. The van der Waals surface area contributed by atoms with Crippen molar-refractivity contribution in [1.29, 1.82) is 0 Å². The van der Waals surface area contributed by atoms with Gasteiger partial charge in [-0.3, -0.25) is 9.69 Å². The number of benzene rings is 3.